The lowest BCUT2D eigenvalue weighted by Gasteiger charge is -2.35. The molecule has 3 rings (SSSR count). The molecular formula is C14H16FN3O. The molecule has 1 aromatic rings. The molecule has 1 heterocycles. The van der Waals surface area contributed by atoms with Crippen molar-refractivity contribution < 1.29 is 9.18 Å². The number of nitrogens with two attached hydrogens (primary N) is 1. The Balaban J connectivity index is 2.14. The summed E-state index contributed by atoms with van der Waals surface area (Å²) in [6, 6.07) is 4.41. The van der Waals surface area contributed by atoms with E-state index in [1.165, 1.54) is 12.1 Å². The molecule has 0 radical (unpaired) electrons. The number of amides is 2. The second-order valence-electron chi connectivity index (χ2n) is 5.09. The molecule has 0 bridgehead atoms. The van der Waals surface area contributed by atoms with Gasteiger partial charge in [-0.15, -0.1) is 0 Å². The van der Waals surface area contributed by atoms with Crippen molar-refractivity contribution >= 4 is 11.9 Å². The van der Waals surface area contributed by atoms with Gasteiger partial charge >= 0.3 is 6.03 Å². The summed E-state index contributed by atoms with van der Waals surface area (Å²) in [6.45, 7) is 2.62. The van der Waals surface area contributed by atoms with E-state index in [9.17, 15) is 9.18 Å². The van der Waals surface area contributed by atoms with Gasteiger partial charge in [0.15, 0.2) is 0 Å². The molecule has 4 nitrogen and oxygen atoms in total. The van der Waals surface area contributed by atoms with Crippen molar-refractivity contribution in [1.29, 1.82) is 0 Å². The number of hydrogen-bond donors (Lipinski definition) is 1. The highest BCUT2D eigenvalue weighted by molar-refractivity contribution is 6.06. The Morgan fingerprint density at radius 2 is 2.32 bits per heavy atom. The molecule has 0 saturated heterocycles. The quantitative estimate of drug-likeness (QED) is 0.887. The molecule has 1 aliphatic carbocycles. The van der Waals surface area contributed by atoms with Crippen molar-refractivity contribution in [3.63, 3.8) is 0 Å². The van der Waals surface area contributed by atoms with Crippen LogP contribution in [-0.2, 0) is 12.0 Å². The molecule has 1 aromatic carbocycles. The maximum Gasteiger partial charge on any atom is 0.346 e. The lowest BCUT2D eigenvalue weighted by Crippen LogP contribution is -2.50. The van der Waals surface area contributed by atoms with Gasteiger partial charge in [0.2, 0.25) is 0 Å². The molecule has 2 aliphatic rings. The molecule has 100 valence electrons. The van der Waals surface area contributed by atoms with Crippen LogP contribution in [0.15, 0.2) is 23.2 Å². The summed E-state index contributed by atoms with van der Waals surface area (Å²) < 4.78 is 13.3. The SMILES string of the molecule is CCCN1C(=O)N=C(N)C12CCc1cc(F)ccc12. The van der Waals surface area contributed by atoms with Gasteiger partial charge < -0.3 is 10.6 Å². The Bertz CT molecular complexity index is 584. The first-order valence-electron chi connectivity index (χ1n) is 6.54. The first-order valence-corrected chi connectivity index (χ1v) is 6.54. The first-order chi connectivity index (χ1) is 9.09. The maximum atomic E-state index is 13.3. The van der Waals surface area contributed by atoms with Gasteiger partial charge in [-0.2, -0.15) is 4.99 Å². The van der Waals surface area contributed by atoms with Gasteiger partial charge in [0.05, 0.1) is 0 Å². The lowest BCUT2D eigenvalue weighted by molar-refractivity contribution is 0.170. The van der Waals surface area contributed by atoms with Crippen molar-refractivity contribution in [2.75, 3.05) is 6.54 Å². The summed E-state index contributed by atoms with van der Waals surface area (Å²) in [4.78, 5) is 17.7. The fraction of sp³-hybridized carbons (Fsp3) is 0.429. The third kappa shape index (κ3) is 1.50. The monoisotopic (exact) mass is 261 g/mol. The van der Waals surface area contributed by atoms with Gasteiger partial charge in [-0.1, -0.05) is 13.0 Å². The van der Waals surface area contributed by atoms with E-state index in [-0.39, 0.29) is 11.8 Å². The summed E-state index contributed by atoms with van der Waals surface area (Å²) in [5.41, 5.74) is 7.24. The van der Waals surface area contributed by atoms with Crippen molar-refractivity contribution in [3.05, 3.63) is 35.1 Å². The van der Waals surface area contributed by atoms with Crippen LogP contribution in [0.25, 0.3) is 0 Å². The predicted molar refractivity (Wildman–Crippen MR) is 70.4 cm³/mol. The normalized spacial score (nSPS) is 25.1. The van der Waals surface area contributed by atoms with Gasteiger partial charge in [-0.3, -0.25) is 0 Å². The van der Waals surface area contributed by atoms with Gasteiger partial charge in [0.1, 0.15) is 17.2 Å². The zero-order valence-electron chi connectivity index (χ0n) is 10.8. The molecule has 1 atom stereocenters. The van der Waals surface area contributed by atoms with E-state index in [1.807, 2.05) is 6.92 Å². The van der Waals surface area contributed by atoms with Crippen LogP contribution in [-0.4, -0.2) is 23.3 Å². The number of urea groups is 1. The van der Waals surface area contributed by atoms with Crippen molar-refractivity contribution in [2.24, 2.45) is 10.7 Å². The Morgan fingerprint density at radius 1 is 1.53 bits per heavy atom. The van der Waals surface area contributed by atoms with E-state index >= 15 is 0 Å². The molecule has 1 spiro atoms. The number of nitrogens with zero attached hydrogens (tertiary/aromatic N) is 2. The van der Waals surface area contributed by atoms with E-state index in [0.717, 1.165) is 24.0 Å². The third-order valence-corrected chi connectivity index (χ3v) is 4.05. The van der Waals surface area contributed by atoms with E-state index in [1.54, 1.807) is 11.0 Å². The molecule has 0 saturated carbocycles. The summed E-state index contributed by atoms with van der Waals surface area (Å²) in [5.74, 6) is 0.0917. The number of benzene rings is 1. The molecule has 1 aliphatic heterocycles. The number of hydrogen-bond acceptors (Lipinski definition) is 2. The summed E-state index contributed by atoms with van der Waals surface area (Å²) >= 11 is 0. The van der Waals surface area contributed by atoms with Gasteiger partial charge in [-0.25, -0.2) is 9.18 Å². The molecule has 5 heteroatoms. The van der Waals surface area contributed by atoms with Gasteiger partial charge in [-0.05, 0) is 42.5 Å². The minimum atomic E-state index is -0.643. The smallest absolute Gasteiger partial charge is 0.346 e. The Hall–Kier alpha value is -1.91. The Labute approximate surface area is 111 Å². The fourth-order valence-electron chi connectivity index (χ4n) is 3.24. The number of halogens is 1. The standard InChI is InChI=1S/C14H16FN3O/c1-2-7-18-13(19)17-12(16)14(18)6-5-9-8-10(15)3-4-11(9)14/h3-4,8H,2,5-7H2,1H3,(H2,16,17,19). The van der Waals surface area contributed by atoms with E-state index < -0.39 is 5.54 Å². The predicted octanol–water partition coefficient (Wildman–Crippen LogP) is 2.17. The summed E-state index contributed by atoms with van der Waals surface area (Å²) in [5, 5.41) is 0. The minimum absolute atomic E-state index is 0.252. The Morgan fingerprint density at radius 3 is 3.05 bits per heavy atom. The zero-order chi connectivity index (χ0) is 13.6. The second kappa shape index (κ2) is 4.05. The number of carbonyl (C=O) groups excluding carboxylic acids is 1. The van der Waals surface area contributed by atoms with Crippen LogP contribution in [0.1, 0.15) is 30.9 Å². The van der Waals surface area contributed by atoms with Crippen molar-refractivity contribution in [2.45, 2.75) is 31.7 Å². The highest BCUT2D eigenvalue weighted by atomic mass is 19.1. The van der Waals surface area contributed by atoms with E-state index in [0.29, 0.717) is 18.8 Å². The average Bonchev–Trinajstić information content (AvgIpc) is 2.85. The van der Waals surface area contributed by atoms with Crippen LogP contribution in [0.3, 0.4) is 0 Å². The highest BCUT2D eigenvalue weighted by Gasteiger charge is 2.52. The van der Waals surface area contributed by atoms with Crippen LogP contribution >= 0.6 is 0 Å². The molecule has 0 aromatic heterocycles. The summed E-state index contributed by atoms with van der Waals surface area (Å²) in [7, 11) is 0. The van der Waals surface area contributed by atoms with Crippen molar-refractivity contribution in [3.8, 4) is 0 Å². The molecule has 2 amide bonds. The van der Waals surface area contributed by atoms with Gasteiger partial charge in [0.25, 0.3) is 0 Å². The van der Waals surface area contributed by atoms with Gasteiger partial charge in [0, 0.05) is 6.54 Å². The molecule has 2 N–H and O–H groups in total. The number of aliphatic imine (C=N–C) groups is 1. The fourth-order valence-corrected chi connectivity index (χ4v) is 3.24. The average molecular weight is 261 g/mol. The number of carbonyl (C=O) groups is 1. The van der Waals surface area contributed by atoms with Crippen LogP contribution in [0.5, 0.6) is 0 Å². The molecular weight excluding hydrogens is 245 g/mol. The molecule has 0 fully saturated rings. The largest absolute Gasteiger partial charge is 0.385 e. The van der Waals surface area contributed by atoms with Crippen LogP contribution in [0, 0.1) is 5.82 Å². The molecule has 1 unspecified atom stereocenters. The Kier molecular flexibility index (Phi) is 2.59. The van der Waals surface area contributed by atoms with E-state index in [4.69, 9.17) is 5.73 Å². The lowest BCUT2D eigenvalue weighted by atomic mass is 9.89. The second-order valence-corrected chi connectivity index (χ2v) is 5.09. The minimum Gasteiger partial charge on any atom is -0.385 e. The zero-order valence-corrected chi connectivity index (χ0v) is 10.8. The topological polar surface area (TPSA) is 58.7 Å². The van der Waals surface area contributed by atoms with Crippen molar-refractivity contribution in [1.82, 2.24) is 4.90 Å². The first kappa shape index (κ1) is 12.1. The maximum absolute atomic E-state index is 13.3. The number of amidine groups is 1. The number of aryl methyl sites for hydroxylation is 1. The summed E-state index contributed by atoms with van der Waals surface area (Å²) in [6.07, 6.45) is 2.25. The number of fused-ring (bicyclic) bond motifs is 2. The van der Waals surface area contributed by atoms with Crippen LogP contribution < -0.4 is 5.73 Å². The van der Waals surface area contributed by atoms with E-state index in [2.05, 4.69) is 4.99 Å². The van der Waals surface area contributed by atoms with Crippen LogP contribution in [0.2, 0.25) is 0 Å². The highest BCUT2D eigenvalue weighted by Crippen LogP contribution is 2.45. The third-order valence-electron chi connectivity index (χ3n) is 4.05. The number of rotatable bonds is 2. The van der Waals surface area contributed by atoms with Crippen LogP contribution in [0.4, 0.5) is 9.18 Å². The molecule has 19 heavy (non-hydrogen) atoms.